The molecular formula is C12H25NO2S. The number of carboxylic acid groups (broad SMARTS) is 1. The summed E-state index contributed by atoms with van der Waals surface area (Å²) in [5.74, 6) is 1.33. The predicted molar refractivity (Wildman–Crippen MR) is 71.1 cm³/mol. The molecule has 0 saturated carbocycles. The standard InChI is InChI=1S/C12H25NO2S/c1-5-13(6-2)8-10-16-9-7-12(3,4)11(14)15/h5-10H2,1-4H3,(H,14,15). The third-order valence-corrected chi connectivity index (χ3v) is 3.86. The van der Waals surface area contributed by atoms with Gasteiger partial charge in [-0.25, -0.2) is 0 Å². The number of aliphatic carboxylic acids is 1. The quantitative estimate of drug-likeness (QED) is 0.636. The van der Waals surface area contributed by atoms with Crippen molar-refractivity contribution in [2.75, 3.05) is 31.1 Å². The summed E-state index contributed by atoms with van der Waals surface area (Å²) in [5.41, 5.74) is -0.581. The summed E-state index contributed by atoms with van der Waals surface area (Å²) in [6, 6.07) is 0. The van der Waals surface area contributed by atoms with Crippen LogP contribution in [0.3, 0.4) is 0 Å². The van der Waals surface area contributed by atoms with E-state index in [0.29, 0.717) is 0 Å². The molecule has 0 amide bonds. The zero-order valence-electron chi connectivity index (χ0n) is 11.0. The van der Waals surface area contributed by atoms with Gasteiger partial charge in [-0.2, -0.15) is 11.8 Å². The van der Waals surface area contributed by atoms with Crippen LogP contribution in [0.1, 0.15) is 34.1 Å². The highest BCUT2D eigenvalue weighted by molar-refractivity contribution is 7.99. The molecular weight excluding hydrogens is 222 g/mol. The van der Waals surface area contributed by atoms with Gasteiger partial charge >= 0.3 is 5.97 Å². The van der Waals surface area contributed by atoms with Gasteiger partial charge in [-0.05, 0) is 39.1 Å². The number of carbonyl (C=O) groups is 1. The Balaban J connectivity index is 3.57. The Labute approximate surface area is 104 Å². The van der Waals surface area contributed by atoms with Crippen molar-refractivity contribution in [2.24, 2.45) is 5.41 Å². The maximum atomic E-state index is 10.9. The largest absolute Gasteiger partial charge is 0.481 e. The van der Waals surface area contributed by atoms with Gasteiger partial charge in [0, 0.05) is 12.3 Å². The van der Waals surface area contributed by atoms with Crippen LogP contribution in [-0.4, -0.2) is 47.1 Å². The number of nitrogens with zero attached hydrogens (tertiary/aromatic N) is 1. The van der Waals surface area contributed by atoms with Gasteiger partial charge in [0.15, 0.2) is 0 Å². The van der Waals surface area contributed by atoms with Crippen molar-refractivity contribution in [2.45, 2.75) is 34.1 Å². The number of hydrogen-bond acceptors (Lipinski definition) is 3. The number of carboxylic acids is 1. The van der Waals surface area contributed by atoms with Crippen molar-refractivity contribution >= 4 is 17.7 Å². The minimum atomic E-state index is -0.697. The van der Waals surface area contributed by atoms with Gasteiger partial charge in [0.25, 0.3) is 0 Å². The molecule has 0 bridgehead atoms. The Bertz CT molecular complexity index is 203. The Morgan fingerprint density at radius 2 is 1.81 bits per heavy atom. The zero-order valence-corrected chi connectivity index (χ0v) is 11.8. The minimum Gasteiger partial charge on any atom is -0.481 e. The van der Waals surface area contributed by atoms with Gasteiger partial charge in [-0.1, -0.05) is 13.8 Å². The third-order valence-electron chi connectivity index (χ3n) is 2.90. The molecule has 0 aliphatic carbocycles. The first-order chi connectivity index (χ1) is 7.44. The van der Waals surface area contributed by atoms with Crippen LogP contribution in [0.15, 0.2) is 0 Å². The molecule has 0 radical (unpaired) electrons. The van der Waals surface area contributed by atoms with Crippen LogP contribution < -0.4 is 0 Å². The number of thioether (sulfide) groups is 1. The van der Waals surface area contributed by atoms with Crippen molar-refractivity contribution in [1.29, 1.82) is 0 Å². The molecule has 0 saturated heterocycles. The molecule has 1 N–H and O–H groups in total. The molecule has 4 heteroatoms. The lowest BCUT2D eigenvalue weighted by molar-refractivity contribution is -0.146. The highest BCUT2D eigenvalue weighted by Gasteiger charge is 2.26. The van der Waals surface area contributed by atoms with Gasteiger partial charge in [-0.15, -0.1) is 0 Å². The van der Waals surface area contributed by atoms with E-state index in [0.717, 1.165) is 37.6 Å². The van der Waals surface area contributed by atoms with E-state index in [9.17, 15) is 4.79 Å². The zero-order chi connectivity index (χ0) is 12.6. The van der Waals surface area contributed by atoms with Crippen LogP contribution in [0.25, 0.3) is 0 Å². The average Bonchev–Trinajstić information content (AvgIpc) is 2.23. The molecule has 0 aliphatic rings. The van der Waals surface area contributed by atoms with Crippen molar-refractivity contribution in [3.05, 3.63) is 0 Å². The number of rotatable bonds is 9. The van der Waals surface area contributed by atoms with Crippen LogP contribution in [0.5, 0.6) is 0 Å². The molecule has 3 nitrogen and oxygen atoms in total. The van der Waals surface area contributed by atoms with Gasteiger partial charge in [0.05, 0.1) is 5.41 Å². The molecule has 16 heavy (non-hydrogen) atoms. The smallest absolute Gasteiger partial charge is 0.309 e. The van der Waals surface area contributed by atoms with Crippen molar-refractivity contribution in [3.8, 4) is 0 Å². The molecule has 0 aliphatic heterocycles. The number of hydrogen-bond donors (Lipinski definition) is 1. The van der Waals surface area contributed by atoms with E-state index >= 15 is 0 Å². The van der Waals surface area contributed by atoms with E-state index in [4.69, 9.17) is 5.11 Å². The second-order valence-electron chi connectivity index (χ2n) is 4.58. The van der Waals surface area contributed by atoms with Gasteiger partial charge in [-0.3, -0.25) is 4.79 Å². The van der Waals surface area contributed by atoms with Crippen LogP contribution in [0.2, 0.25) is 0 Å². The lowest BCUT2D eigenvalue weighted by atomic mass is 9.91. The molecule has 0 aromatic carbocycles. The molecule has 0 aromatic rings. The molecule has 96 valence electrons. The Kier molecular flexibility index (Phi) is 7.85. The molecule has 0 unspecified atom stereocenters. The predicted octanol–water partition coefficient (Wildman–Crippen LogP) is 2.56. The molecule has 0 aromatic heterocycles. The van der Waals surface area contributed by atoms with Gasteiger partial charge in [0.1, 0.15) is 0 Å². The lowest BCUT2D eigenvalue weighted by Crippen LogP contribution is -2.26. The van der Waals surface area contributed by atoms with E-state index in [1.165, 1.54) is 0 Å². The van der Waals surface area contributed by atoms with Crippen LogP contribution in [-0.2, 0) is 4.79 Å². The summed E-state index contributed by atoms with van der Waals surface area (Å²) in [6.45, 7) is 11.2. The van der Waals surface area contributed by atoms with E-state index in [2.05, 4.69) is 18.7 Å². The van der Waals surface area contributed by atoms with E-state index in [-0.39, 0.29) is 0 Å². The van der Waals surface area contributed by atoms with Crippen LogP contribution >= 0.6 is 11.8 Å². The normalized spacial score (nSPS) is 12.1. The first kappa shape index (κ1) is 15.8. The second kappa shape index (κ2) is 7.96. The van der Waals surface area contributed by atoms with E-state index < -0.39 is 11.4 Å². The summed E-state index contributed by atoms with van der Waals surface area (Å²) in [5, 5.41) is 8.94. The third kappa shape index (κ3) is 6.38. The van der Waals surface area contributed by atoms with Gasteiger partial charge < -0.3 is 10.0 Å². The lowest BCUT2D eigenvalue weighted by Gasteiger charge is -2.20. The van der Waals surface area contributed by atoms with Crippen LogP contribution in [0, 0.1) is 5.41 Å². The fourth-order valence-corrected chi connectivity index (χ4v) is 2.52. The Morgan fingerprint density at radius 3 is 2.25 bits per heavy atom. The summed E-state index contributed by atoms with van der Waals surface area (Å²) in [6.07, 6.45) is 0.741. The fraction of sp³-hybridized carbons (Fsp3) is 0.917. The topological polar surface area (TPSA) is 40.5 Å². The monoisotopic (exact) mass is 247 g/mol. The second-order valence-corrected chi connectivity index (χ2v) is 5.80. The maximum Gasteiger partial charge on any atom is 0.309 e. The molecule has 0 spiro atoms. The van der Waals surface area contributed by atoms with Gasteiger partial charge in [0.2, 0.25) is 0 Å². The molecule has 0 rings (SSSR count). The Hall–Kier alpha value is -0.220. The average molecular weight is 247 g/mol. The van der Waals surface area contributed by atoms with Crippen molar-refractivity contribution in [3.63, 3.8) is 0 Å². The maximum absolute atomic E-state index is 10.9. The minimum absolute atomic E-state index is 0.581. The first-order valence-corrected chi connectivity index (χ1v) is 7.13. The highest BCUT2D eigenvalue weighted by Crippen LogP contribution is 2.22. The summed E-state index contributed by atoms with van der Waals surface area (Å²) in [4.78, 5) is 13.3. The fourth-order valence-electron chi connectivity index (χ4n) is 1.27. The Morgan fingerprint density at radius 1 is 1.25 bits per heavy atom. The van der Waals surface area contributed by atoms with Crippen molar-refractivity contribution in [1.82, 2.24) is 4.90 Å². The van der Waals surface area contributed by atoms with Crippen LogP contribution in [0.4, 0.5) is 0 Å². The summed E-state index contributed by atoms with van der Waals surface area (Å²) < 4.78 is 0. The van der Waals surface area contributed by atoms with Crippen molar-refractivity contribution < 1.29 is 9.90 Å². The van der Waals surface area contributed by atoms with E-state index in [1.54, 1.807) is 13.8 Å². The summed E-state index contributed by atoms with van der Waals surface area (Å²) in [7, 11) is 0. The SMILES string of the molecule is CCN(CC)CCSCCC(C)(C)C(=O)O. The molecule has 0 fully saturated rings. The molecule has 0 atom stereocenters. The first-order valence-electron chi connectivity index (χ1n) is 5.97. The van der Waals surface area contributed by atoms with E-state index in [1.807, 2.05) is 11.8 Å². The highest BCUT2D eigenvalue weighted by atomic mass is 32.2. The summed E-state index contributed by atoms with van der Waals surface area (Å²) >= 11 is 1.85. The molecule has 0 heterocycles.